The maximum atomic E-state index is 13.0. The number of rotatable bonds is 11. The van der Waals surface area contributed by atoms with Crippen molar-refractivity contribution in [1.29, 1.82) is 0 Å². The van der Waals surface area contributed by atoms with Crippen LogP contribution in [0, 0.1) is 28.6 Å². The Bertz CT molecular complexity index is 1100. The maximum Gasteiger partial charge on any atom is 0.334 e. The van der Waals surface area contributed by atoms with Gasteiger partial charge in [0.05, 0.1) is 37.5 Å². The van der Waals surface area contributed by atoms with E-state index in [1.54, 1.807) is 0 Å². The van der Waals surface area contributed by atoms with Crippen molar-refractivity contribution < 1.29 is 30.0 Å². The van der Waals surface area contributed by atoms with E-state index in [4.69, 9.17) is 10.5 Å². The molecule has 4 aliphatic carbocycles. The Labute approximate surface area is 249 Å². The number of ether oxygens (including phenoxy) is 1. The quantitative estimate of drug-likeness (QED) is 0.104. The number of aliphatic hydroxyl groups is 3. The molecule has 0 amide bonds. The summed E-state index contributed by atoms with van der Waals surface area (Å²) in [6.45, 7) is 5.11. The number of nitrogens with one attached hydrogen (secondary N) is 2. The highest BCUT2D eigenvalue weighted by molar-refractivity contribution is 5.92. The molecule has 0 aromatic heterocycles. The second kappa shape index (κ2) is 12.5. The maximum absolute atomic E-state index is 13.0. The van der Waals surface area contributed by atoms with E-state index in [-0.39, 0.29) is 42.6 Å². The van der Waals surface area contributed by atoms with Crippen molar-refractivity contribution in [3.8, 4) is 0 Å². The summed E-state index contributed by atoms with van der Waals surface area (Å²) in [6.07, 6.45) is 9.32. The summed E-state index contributed by atoms with van der Waals surface area (Å²) in [5, 5.41) is 49.2. The molecule has 0 radical (unpaired) electrons. The van der Waals surface area contributed by atoms with Crippen LogP contribution in [0.25, 0.3) is 0 Å². The molecule has 1 heterocycles. The lowest BCUT2D eigenvalue weighted by Gasteiger charge is -2.61. The average Bonchev–Trinajstić information content (AvgIpc) is 3.30. The molecule has 2 bridgehead atoms. The zero-order valence-electron chi connectivity index (χ0n) is 25.2. The Morgan fingerprint density at radius 3 is 2.79 bits per heavy atom. The molecule has 8 N–H and O–H groups in total. The van der Waals surface area contributed by atoms with Gasteiger partial charge in [0.1, 0.15) is 5.60 Å². The Morgan fingerprint density at radius 1 is 1.26 bits per heavy atom. The molecule has 2 spiro atoms. The number of guanidine groups is 1. The predicted molar refractivity (Wildman–Crippen MR) is 160 cm³/mol. The number of carboxylic acids is 1. The number of hydrogen-bond donors (Lipinski definition) is 7. The largest absolute Gasteiger partial charge is 0.478 e. The highest BCUT2D eigenvalue weighted by Crippen LogP contribution is 2.77. The van der Waals surface area contributed by atoms with Crippen LogP contribution >= 0.6 is 0 Å². The van der Waals surface area contributed by atoms with Crippen LogP contribution in [0.1, 0.15) is 58.3 Å². The first kappa shape index (κ1) is 31.4. The first-order valence-electron chi connectivity index (χ1n) is 15.8. The van der Waals surface area contributed by atoms with E-state index >= 15 is 0 Å². The summed E-state index contributed by atoms with van der Waals surface area (Å²) in [5.74, 6) is -0.230. The van der Waals surface area contributed by atoms with Crippen molar-refractivity contribution in [2.24, 2.45) is 39.3 Å². The first-order chi connectivity index (χ1) is 20.1. The standard InChI is InChI=1S/C31H51N5O6/c1-20-6-7-21-14-25-26(27(39)40)29(41,19-42-24-5-3-4-23(38)15-24)17-30(20,25)31(21)18-36(28(32)35-10-9-33-2)12-8-22(31)16-34-11-13-37/h8,12,20-24,33-34,37-38,41H,3-7,9-11,13-19H2,1-2H3,(H2,32,35)(H,39,40)/t20-,21-,22-,23+,24+,29+,30+,31-/m1/s1. The van der Waals surface area contributed by atoms with Gasteiger partial charge in [-0.3, -0.25) is 4.99 Å². The van der Waals surface area contributed by atoms with Crippen molar-refractivity contribution in [2.75, 3.05) is 53.0 Å². The van der Waals surface area contributed by atoms with Gasteiger partial charge in [-0.1, -0.05) is 13.0 Å². The lowest BCUT2D eigenvalue weighted by molar-refractivity contribution is -0.144. The number of carboxylic acid groups (broad SMARTS) is 1. The topological polar surface area (TPSA) is 173 Å². The fourth-order valence-electron chi connectivity index (χ4n) is 9.50. The van der Waals surface area contributed by atoms with Crippen LogP contribution in [0.4, 0.5) is 0 Å². The number of nitrogens with two attached hydrogens (primary N) is 1. The smallest absolute Gasteiger partial charge is 0.334 e. The minimum absolute atomic E-state index is 0.0346. The molecule has 5 aliphatic rings. The third-order valence-electron chi connectivity index (χ3n) is 11.2. The van der Waals surface area contributed by atoms with Crippen molar-refractivity contribution in [1.82, 2.24) is 15.5 Å². The van der Waals surface area contributed by atoms with Crippen LogP contribution in [0.2, 0.25) is 0 Å². The van der Waals surface area contributed by atoms with Gasteiger partial charge in [0.2, 0.25) is 0 Å². The number of hydrogen-bond acceptors (Lipinski definition) is 8. The summed E-state index contributed by atoms with van der Waals surface area (Å²) in [6, 6.07) is 0. The van der Waals surface area contributed by atoms with Crippen LogP contribution in [0.5, 0.6) is 0 Å². The van der Waals surface area contributed by atoms with Crippen molar-refractivity contribution in [2.45, 2.75) is 76.1 Å². The van der Waals surface area contributed by atoms with Gasteiger partial charge in [0.15, 0.2) is 5.96 Å². The molecular weight excluding hydrogens is 538 g/mol. The van der Waals surface area contributed by atoms with E-state index < -0.39 is 28.5 Å². The van der Waals surface area contributed by atoms with Crippen LogP contribution in [0.3, 0.4) is 0 Å². The van der Waals surface area contributed by atoms with Gasteiger partial charge in [-0.15, -0.1) is 0 Å². The molecule has 11 nitrogen and oxygen atoms in total. The van der Waals surface area contributed by atoms with E-state index in [0.29, 0.717) is 57.9 Å². The molecule has 0 aromatic carbocycles. The Morgan fingerprint density at radius 2 is 2.07 bits per heavy atom. The monoisotopic (exact) mass is 589 g/mol. The van der Waals surface area contributed by atoms with Gasteiger partial charge >= 0.3 is 5.97 Å². The van der Waals surface area contributed by atoms with E-state index in [2.05, 4.69) is 28.6 Å². The number of likely N-dealkylation sites (N-methyl/N-ethyl adjacent to an activating group) is 1. The summed E-state index contributed by atoms with van der Waals surface area (Å²) < 4.78 is 6.23. The number of carbonyl (C=O) groups is 1. The van der Waals surface area contributed by atoms with Gasteiger partial charge in [-0.2, -0.15) is 0 Å². The van der Waals surface area contributed by atoms with Crippen molar-refractivity contribution in [3.05, 3.63) is 23.4 Å². The fourth-order valence-corrected chi connectivity index (χ4v) is 9.50. The Kier molecular flexibility index (Phi) is 9.37. The minimum Gasteiger partial charge on any atom is -0.478 e. The van der Waals surface area contributed by atoms with Crippen LogP contribution in [-0.2, 0) is 9.53 Å². The molecule has 0 saturated heterocycles. The van der Waals surface area contributed by atoms with Gasteiger partial charge in [-0.25, -0.2) is 4.79 Å². The molecule has 42 heavy (non-hydrogen) atoms. The van der Waals surface area contributed by atoms with E-state index in [0.717, 1.165) is 37.7 Å². The molecule has 11 heteroatoms. The van der Waals surface area contributed by atoms with Crippen molar-refractivity contribution in [3.63, 3.8) is 0 Å². The van der Waals surface area contributed by atoms with Gasteiger partial charge in [-0.05, 0) is 81.7 Å². The van der Waals surface area contributed by atoms with E-state index in [9.17, 15) is 25.2 Å². The number of allylic oxidation sites excluding steroid dienone is 1. The number of aliphatic imine (C=N–C) groups is 1. The molecule has 5 rings (SSSR count). The minimum atomic E-state index is -1.63. The third kappa shape index (κ3) is 5.20. The van der Waals surface area contributed by atoms with Gasteiger partial charge in [0, 0.05) is 43.2 Å². The molecule has 8 atom stereocenters. The first-order valence-corrected chi connectivity index (χ1v) is 15.8. The lowest BCUT2D eigenvalue weighted by Crippen LogP contribution is -2.62. The predicted octanol–water partition coefficient (Wildman–Crippen LogP) is 0.807. The normalized spacial score (nSPS) is 39.8. The van der Waals surface area contributed by atoms with Crippen LogP contribution < -0.4 is 16.4 Å². The van der Waals surface area contributed by atoms with Gasteiger partial charge < -0.3 is 46.4 Å². The van der Waals surface area contributed by atoms with Crippen LogP contribution in [-0.4, -0.2) is 108 Å². The molecule has 0 unspecified atom stereocenters. The Hall–Kier alpha value is -2.02. The highest BCUT2D eigenvalue weighted by Gasteiger charge is 2.75. The molecule has 236 valence electrons. The average molecular weight is 590 g/mol. The number of nitrogens with zero attached hydrogens (tertiary/aromatic N) is 2. The van der Waals surface area contributed by atoms with Gasteiger partial charge in [0.25, 0.3) is 0 Å². The molecule has 3 saturated carbocycles. The SMILES string of the molecule is CNCCN=C(N)N1C=C[C@H](CNCCO)[C@@]2(C1)[C@@H]1CC[C@@H](C)[C@]23C[C@](O)(CO[C@H]2CCC[C@H](O)C2)C(C(=O)O)=C3C1. The second-order valence-corrected chi connectivity index (χ2v) is 13.4. The molecular formula is C31H51N5O6. The molecule has 0 aromatic rings. The summed E-state index contributed by atoms with van der Waals surface area (Å²) in [7, 11) is 1.88. The highest BCUT2D eigenvalue weighted by atomic mass is 16.5. The third-order valence-corrected chi connectivity index (χ3v) is 11.2. The zero-order chi connectivity index (χ0) is 30.1. The van der Waals surface area contributed by atoms with Crippen molar-refractivity contribution >= 4 is 11.9 Å². The summed E-state index contributed by atoms with van der Waals surface area (Å²) >= 11 is 0. The molecule has 3 fully saturated rings. The van der Waals surface area contributed by atoms with Crippen LogP contribution in [0.15, 0.2) is 28.4 Å². The van der Waals surface area contributed by atoms with E-state index in [1.807, 2.05) is 18.1 Å². The number of aliphatic hydroxyl groups excluding tert-OH is 2. The summed E-state index contributed by atoms with van der Waals surface area (Å²) in [4.78, 5) is 19.6. The number of aliphatic carboxylic acids is 1. The zero-order valence-corrected chi connectivity index (χ0v) is 25.2. The second-order valence-electron chi connectivity index (χ2n) is 13.4. The summed E-state index contributed by atoms with van der Waals surface area (Å²) in [5.41, 5.74) is 4.96. The Balaban J connectivity index is 1.56. The fraction of sp³-hybridized carbons (Fsp3) is 0.806. The van der Waals surface area contributed by atoms with E-state index in [1.165, 1.54) is 0 Å². The molecule has 1 aliphatic heterocycles. The lowest BCUT2D eigenvalue weighted by atomic mass is 9.46.